The number of aliphatic hydroxyl groups excluding tert-OH is 2. The number of rotatable bonds is 40. The van der Waals surface area contributed by atoms with E-state index in [4.69, 9.17) is 0 Å². The van der Waals surface area contributed by atoms with Crippen LogP contribution in [0.3, 0.4) is 0 Å². The first-order chi connectivity index (χ1) is 23.7. The van der Waals surface area contributed by atoms with Gasteiger partial charge in [-0.3, -0.25) is 4.79 Å². The van der Waals surface area contributed by atoms with E-state index in [9.17, 15) is 15.0 Å². The Bertz CT molecular complexity index is 651. The van der Waals surface area contributed by atoms with Crippen LogP contribution in [-0.4, -0.2) is 34.9 Å². The summed E-state index contributed by atoms with van der Waals surface area (Å²) in [5.41, 5.74) is 0. The van der Waals surface area contributed by atoms with Crippen molar-refractivity contribution in [2.75, 3.05) is 6.61 Å². The normalized spacial score (nSPS) is 13.0. The first-order valence-corrected chi connectivity index (χ1v) is 21.9. The lowest BCUT2D eigenvalue weighted by Gasteiger charge is -2.22. The van der Waals surface area contributed by atoms with Crippen molar-refractivity contribution < 1.29 is 15.0 Å². The number of carbonyl (C=O) groups excluding carboxylic acids is 1. The Morgan fingerprint density at radius 3 is 1.15 bits per heavy atom. The minimum atomic E-state index is -0.654. The maximum absolute atomic E-state index is 12.4. The summed E-state index contributed by atoms with van der Waals surface area (Å²) in [7, 11) is 0. The van der Waals surface area contributed by atoms with Gasteiger partial charge in [-0.1, -0.05) is 212 Å². The molecule has 0 saturated heterocycles. The van der Waals surface area contributed by atoms with Gasteiger partial charge in [0.2, 0.25) is 5.91 Å². The maximum atomic E-state index is 12.4. The predicted molar refractivity (Wildman–Crippen MR) is 212 cm³/mol. The van der Waals surface area contributed by atoms with Gasteiger partial charge in [-0.05, 0) is 38.5 Å². The molecule has 0 aromatic rings. The van der Waals surface area contributed by atoms with E-state index in [0.717, 1.165) is 25.7 Å². The molecule has 286 valence electrons. The Kier molecular flexibility index (Phi) is 39.8. The topological polar surface area (TPSA) is 69.6 Å². The molecule has 0 radical (unpaired) electrons. The molecule has 0 aliphatic rings. The highest BCUT2D eigenvalue weighted by Crippen LogP contribution is 2.16. The van der Waals surface area contributed by atoms with Crippen LogP contribution in [0.25, 0.3) is 0 Å². The number of allylic oxidation sites excluding steroid dienone is 2. The molecule has 0 heterocycles. The molecule has 1 amide bonds. The summed E-state index contributed by atoms with van der Waals surface area (Å²) in [5, 5.41) is 23.1. The summed E-state index contributed by atoms with van der Waals surface area (Å²) in [6.07, 6.45) is 50.0. The van der Waals surface area contributed by atoms with E-state index in [2.05, 4.69) is 31.3 Å². The number of unbranched alkanes of at least 4 members (excludes halogenated alkanes) is 31. The zero-order valence-corrected chi connectivity index (χ0v) is 32.8. The Morgan fingerprint density at radius 2 is 0.792 bits per heavy atom. The van der Waals surface area contributed by atoms with Crippen LogP contribution in [0.2, 0.25) is 0 Å². The molecule has 0 saturated carbocycles. The standard InChI is InChI=1S/C44H87NO3/c1-3-5-7-9-11-13-15-17-18-19-20-21-22-23-24-25-26-28-30-32-34-36-38-40-44(48)45-42(41-46)43(47)39-37-35-33-31-29-27-16-14-12-10-8-6-4-2/h17-18,42-43,46-47H,3-16,19-41H2,1-2H3,(H,45,48)/b18-17+/t42-,43+/m0/s1. The van der Waals surface area contributed by atoms with Crippen LogP contribution in [0.5, 0.6) is 0 Å². The molecule has 0 fully saturated rings. The molecule has 0 spiro atoms. The number of amides is 1. The minimum Gasteiger partial charge on any atom is -0.394 e. The number of hydrogen-bond donors (Lipinski definition) is 3. The largest absolute Gasteiger partial charge is 0.394 e. The molecular weight excluding hydrogens is 590 g/mol. The Labute approximate surface area is 301 Å². The Hall–Kier alpha value is -0.870. The lowest BCUT2D eigenvalue weighted by atomic mass is 10.0. The Balaban J connectivity index is 3.46. The third-order valence-electron chi connectivity index (χ3n) is 10.3. The van der Waals surface area contributed by atoms with E-state index in [1.165, 1.54) is 193 Å². The summed E-state index contributed by atoms with van der Waals surface area (Å²) in [5.74, 6) is -0.0292. The molecular formula is C44H87NO3. The Morgan fingerprint density at radius 1 is 0.479 bits per heavy atom. The third-order valence-corrected chi connectivity index (χ3v) is 10.3. The van der Waals surface area contributed by atoms with Crippen LogP contribution >= 0.6 is 0 Å². The molecule has 0 aromatic heterocycles. The third kappa shape index (κ3) is 36.4. The van der Waals surface area contributed by atoms with Gasteiger partial charge in [-0.2, -0.15) is 0 Å². The first-order valence-electron chi connectivity index (χ1n) is 21.9. The summed E-state index contributed by atoms with van der Waals surface area (Å²) in [4.78, 5) is 12.4. The molecule has 2 atom stereocenters. The minimum absolute atomic E-state index is 0.0292. The summed E-state index contributed by atoms with van der Waals surface area (Å²) >= 11 is 0. The molecule has 0 unspecified atom stereocenters. The van der Waals surface area contributed by atoms with E-state index in [0.29, 0.717) is 12.8 Å². The molecule has 0 aromatic carbocycles. The van der Waals surface area contributed by atoms with Crippen molar-refractivity contribution in [3.63, 3.8) is 0 Å². The fourth-order valence-corrected chi connectivity index (χ4v) is 6.89. The van der Waals surface area contributed by atoms with Gasteiger partial charge in [0.1, 0.15) is 0 Å². The van der Waals surface area contributed by atoms with E-state index >= 15 is 0 Å². The van der Waals surface area contributed by atoms with E-state index < -0.39 is 12.1 Å². The van der Waals surface area contributed by atoms with Crippen molar-refractivity contribution in [1.29, 1.82) is 0 Å². The van der Waals surface area contributed by atoms with Crippen LogP contribution < -0.4 is 5.32 Å². The molecule has 48 heavy (non-hydrogen) atoms. The smallest absolute Gasteiger partial charge is 0.220 e. The molecule has 4 nitrogen and oxygen atoms in total. The first kappa shape index (κ1) is 47.1. The predicted octanol–water partition coefficient (Wildman–Crippen LogP) is 13.5. The lowest BCUT2D eigenvalue weighted by molar-refractivity contribution is -0.123. The molecule has 0 aliphatic carbocycles. The number of carbonyl (C=O) groups is 1. The van der Waals surface area contributed by atoms with Crippen molar-refractivity contribution in [2.45, 2.75) is 257 Å². The quantitative estimate of drug-likeness (QED) is 0.0446. The van der Waals surface area contributed by atoms with Crippen LogP contribution in [-0.2, 0) is 4.79 Å². The van der Waals surface area contributed by atoms with Gasteiger partial charge in [-0.15, -0.1) is 0 Å². The molecule has 0 aliphatic heterocycles. The van der Waals surface area contributed by atoms with Gasteiger partial charge < -0.3 is 15.5 Å². The van der Waals surface area contributed by atoms with Gasteiger partial charge in [0.25, 0.3) is 0 Å². The van der Waals surface area contributed by atoms with E-state index in [1.807, 2.05) is 0 Å². The van der Waals surface area contributed by atoms with E-state index in [-0.39, 0.29) is 12.5 Å². The number of nitrogens with one attached hydrogen (secondary N) is 1. The second-order valence-corrected chi connectivity index (χ2v) is 15.1. The molecule has 0 rings (SSSR count). The maximum Gasteiger partial charge on any atom is 0.220 e. The van der Waals surface area contributed by atoms with Gasteiger partial charge in [0.15, 0.2) is 0 Å². The fourth-order valence-electron chi connectivity index (χ4n) is 6.89. The van der Waals surface area contributed by atoms with E-state index in [1.54, 1.807) is 0 Å². The van der Waals surface area contributed by atoms with Gasteiger partial charge in [-0.25, -0.2) is 0 Å². The highest BCUT2D eigenvalue weighted by molar-refractivity contribution is 5.76. The van der Waals surface area contributed by atoms with Crippen LogP contribution in [0.4, 0.5) is 0 Å². The molecule has 3 N–H and O–H groups in total. The van der Waals surface area contributed by atoms with Crippen LogP contribution in [0.15, 0.2) is 12.2 Å². The molecule has 4 heteroatoms. The van der Waals surface area contributed by atoms with Gasteiger partial charge in [0.05, 0.1) is 18.8 Å². The summed E-state index contributed by atoms with van der Waals surface area (Å²) < 4.78 is 0. The van der Waals surface area contributed by atoms with Crippen molar-refractivity contribution >= 4 is 5.91 Å². The van der Waals surface area contributed by atoms with Gasteiger partial charge in [0, 0.05) is 6.42 Å². The van der Waals surface area contributed by atoms with Gasteiger partial charge >= 0.3 is 0 Å². The zero-order chi connectivity index (χ0) is 35.0. The summed E-state index contributed by atoms with van der Waals surface area (Å²) in [6.45, 7) is 4.36. The average Bonchev–Trinajstić information content (AvgIpc) is 3.09. The summed E-state index contributed by atoms with van der Waals surface area (Å²) in [6, 6.07) is -0.531. The fraction of sp³-hybridized carbons (Fsp3) is 0.932. The SMILES string of the molecule is CCCCCCCC/C=C/CCCCCCCCCCCCCCCC(=O)N[C@@H](CO)[C@H](O)CCCCCCCCCCCCCCC. The van der Waals surface area contributed by atoms with Crippen LogP contribution in [0, 0.1) is 0 Å². The highest BCUT2D eigenvalue weighted by atomic mass is 16.3. The average molecular weight is 678 g/mol. The van der Waals surface area contributed by atoms with Crippen LogP contribution in [0.1, 0.15) is 245 Å². The zero-order valence-electron chi connectivity index (χ0n) is 32.8. The van der Waals surface area contributed by atoms with Crippen molar-refractivity contribution in [3.05, 3.63) is 12.2 Å². The number of hydrogen-bond acceptors (Lipinski definition) is 3. The monoisotopic (exact) mass is 678 g/mol. The van der Waals surface area contributed by atoms with Crippen molar-refractivity contribution in [2.24, 2.45) is 0 Å². The highest BCUT2D eigenvalue weighted by Gasteiger charge is 2.20. The number of aliphatic hydroxyl groups is 2. The second-order valence-electron chi connectivity index (χ2n) is 15.1. The lowest BCUT2D eigenvalue weighted by Crippen LogP contribution is -2.45. The molecule has 0 bridgehead atoms. The second kappa shape index (κ2) is 40.6. The van der Waals surface area contributed by atoms with Crippen molar-refractivity contribution in [1.82, 2.24) is 5.32 Å². The van der Waals surface area contributed by atoms with Crippen molar-refractivity contribution in [3.8, 4) is 0 Å².